The zero-order valence-electron chi connectivity index (χ0n) is 13.7. The molecule has 0 bridgehead atoms. The van der Waals surface area contributed by atoms with E-state index < -0.39 is 7.12 Å². The lowest BCUT2D eigenvalue weighted by Gasteiger charge is -2.32. The normalized spacial score (nSPS) is 21.2. The molecular weight excluding hydrogens is 249 g/mol. The number of rotatable bonds is 1. The highest BCUT2D eigenvalue weighted by atomic mass is 16.7. The van der Waals surface area contributed by atoms with Gasteiger partial charge in [-0.25, -0.2) is 0 Å². The fourth-order valence-corrected chi connectivity index (χ4v) is 2.41. The van der Waals surface area contributed by atoms with Crippen molar-refractivity contribution in [3.63, 3.8) is 0 Å². The molecular formula is C16H26BNO2. The van der Waals surface area contributed by atoms with E-state index in [9.17, 15) is 0 Å². The van der Waals surface area contributed by atoms with Crippen molar-refractivity contribution in [1.29, 1.82) is 0 Å². The van der Waals surface area contributed by atoms with E-state index in [4.69, 9.17) is 15.0 Å². The largest absolute Gasteiger partial charge is 0.496 e. The molecule has 3 nitrogen and oxygen atoms in total. The first-order valence-electron chi connectivity index (χ1n) is 7.20. The van der Waals surface area contributed by atoms with Gasteiger partial charge >= 0.3 is 7.12 Å². The third-order valence-corrected chi connectivity index (χ3v) is 4.46. The second-order valence-corrected chi connectivity index (χ2v) is 7.65. The van der Waals surface area contributed by atoms with Crippen molar-refractivity contribution in [3.05, 3.63) is 23.8 Å². The van der Waals surface area contributed by atoms with E-state index in [0.29, 0.717) is 0 Å². The molecule has 1 aliphatic rings. The minimum absolute atomic E-state index is 0.00370. The number of benzene rings is 1. The third kappa shape index (κ3) is 2.47. The molecule has 1 aliphatic heterocycles. The van der Waals surface area contributed by atoms with Gasteiger partial charge in [-0.2, -0.15) is 0 Å². The summed E-state index contributed by atoms with van der Waals surface area (Å²) in [6.45, 7) is 14.7. The summed E-state index contributed by atoms with van der Waals surface area (Å²) in [5, 5.41) is 0. The SMILES string of the molecule is CC(C)(C)c1cccc(B2OC(C)(C)C(C)(C)O2)c1N. The molecule has 0 atom stereocenters. The summed E-state index contributed by atoms with van der Waals surface area (Å²) in [7, 11) is -0.401. The Hall–Kier alpha value is -0.995. The lowest BCUT2D eigenvalue weighted by molar-refractivity contribution is 0.00578. The van der Waals surface area contributed by atoms with E-state index in [1.54, 1.807) is 0 Å². The maximum atomic E-state index is 6.37. The first-order chi connectivity index (χ1) is 8.96. The first-order valence-corrected chi connectivity index (χ1v) is 7.20. The summed E-state index contributed by atoms with van der Waals surface area (Å²) in [5.74, 6) is 0. The van der Waals surface area contributed by atoms with E-state index in [2.05, 4.69) is 54.5 Å². The molecule has 0 radical (unpaired) electrons. The van der Waals surface area contributed by atoms with Crippen molar-refractivity contribution in [2.75, 3.05) is 5.73 Å². The highest BCUT2D eigenvalue weighted by molar-refractivity contribution is 6.64. The molecule has 0 unspecified atom stereocenters. The smallest absolute Gasteiger partial charge is 0.399 e. The minimum atomic E-state index is -0.401. The monoisotopic (exact) mass is 275 g/mol. The fourth-order valence-electron chi connectivity index (χ4n) is 2.41. The van der Waals surface area contributed by atoms with Gasteiger partial charge in [0.15, 0.2) is 0 Å². The Balaban J connectivity index is 2.42. The van der Waals surface area contributed by atoms with Gasteiger partial charge in [-0.3, -0.25) is 0 Å². The average Bonchev–Trinajstić information content (AvgIpc) is 2.46. The molecule has 1 aromatic carbocycles. The van der Waals surface area contributed by atoms with Crippen LogP contribution in [0.1, 0.15) is 54.0 Å². The molecule has 0 aromatic heterocycles. The fraction of sp³-hybridized carbons (Fsp3) is 0.625. The number of nitrogen functional groups attached to an aromatic ring is 1. The summed E-state index contributed by atoms with van der Waals surface area (Å²) < 4.78 is 12.2. The molecule has 2 N–H and O–H groups in total. The van der Waals surface area contributed by atoms with Gasteiger partial charge in [0.25, 0.3) is 0 Å². The zero-order chi connectivity index (χ0) is 15.3. The van der Waals surface area contributed by atoms with Crippen molar-refractivity contribution in [3.8, 4) is 0 Å². The molecule has 110 valence electrons. The molecule has 1 fully saturated rings. The van der Waals surface area contributed by atoms with Crippen molar-refractivity contribution in [2.45, 2.75) is 65.1 Å². The van der Waals surface area contributed by atoms with Crippen molar-refractivity contribution in [2.24, 2.45) is 0 Å². The van der Waals surface area contributed by atoms with Crippen LogP contribution in [-0.4, -0.2) is 18.3 Å². The first kappa shape index (κ1) is 15.4. The van der Waals surface area contributed by atoms with Crippen LogP contribution in [0, 0.1) is 0 Å². The summed E-state index contributed by atoms with van der Waals surface area (Å²) >= 11 is 0. The zero-order valence-corrected chi connectivity index (χ0v) is 13.7. The van der Waals surface area contributed by atoms with Gasteiger partial charge in [0.2, 0.25) is 0 Å². The van der Waals surface area contributed by atoms with Gasteiger partial charge in [0.1, 0.15) is 0 Å². The maximum Gasteiger partial charge on any atom is 0.496 e. The van der Waals surface area contributed by atoms with Crippen molar-refractivity contribution in [1.82, 2.24) is 0 Å². The maximum absolute atomic E-state index is 6.37. The molecule has 1 aromatic rings. The number of hydrogen-bond acceptors (Lipinski definition) is 3. The molecule has 1 heterocycles. The van der Waals surface area contributed by atoms with Gasteiger partial charge in [0, 0.05) is 11.2 Å². The van der Waals surface area contributed by atoms with Crippen LogP contribution in [0.15, 0.2) is 18.2 Å². The van der Waals surface area contributed by atoms with Gasteiger partial charge in [-0.15, -0.1) is 0 Å². The Kier molecular flexibility index (Phi) is 3.47. The summed E-state index contributed by atoms with van der Waals surface area (Å²) in [4.78, 5) is 0. The highest BCUT2D eigenvalue weighted by Crippen LogP contribution is 2.37. The number of para-hydroxylation sites is 1. The Morgan fingerprint density at radius 3 is 1.95 bits per heavy atom. The van der Waals surface area contributed by atoms with E-state index >= 15 is 0 Å². The highest BCUT2D eigenvalue weighted by Gasteiger charge is 2.52. The Morgan fingerprint density at radius 1 is 1.00 bits per heavy atom. The second-order valence-electron chi connectivity index (χ2n) is 7.65. The topological polar surface area (TPSA) is 44.5 Å². The molecule has 0 amide bonds. The number of hydrogen-bond donors (Lipinski definition) is 1. The van der Waals surface area contributed by atoms with E-state index in [1.807, 2.05) is 12.1 Å². The van der Waals surface area contributed by atoms with Crippen LogP contribution < -0.4 is 11.2 Å². The van der Waals surface area contributed by atoms with Gasteiger partial charge in [-0.05, 0) is 38.7 Å². The number of anilines is 1. The lowest BCUT2D eigenvalue weighted by atomic mass is 9.73. The van der Waals surface area contributed by atoms with Crippen LogP contribution in [-0.2, 0) is 14.7 Å². The summed E-state index contributed by atoms with van der Waals surface area (Å²) in [6, 6.07) is 6.09. The van der Waals surface area contributed by atoms with E-state index in [0.717, 1.165) is 16.7 Å². The van der Waals surface area contributed by atoms with Gasteiger partial charge < -0.3 is 15.0 Å². The number of nitrogens with two attached hydrogens (primary N) is 1. The van der Waals surface area contributed by atoms with Crippen LogP contribution in [0.4, 0.5) is 5.69 Å². The standard InChI is InChI=1S/C16H26BNO2/c1-14(2,3)11-9-8-10-12(13(11)18)17-19-15(4,5)16(6,7)20-17/h8-10H,18H2,1-7H3. The molecule has 4 heteroatoms. The van der Waals surface area contributed by atoms with Gasteiger partial charge in [0.05, 0.1) is 11.2 Å². The van der Waals surface area contributed by atoms with Crippen molar-refractivity contribution < 1.29 is 9.31 Å². The van der Waals surface area contributed by atoms with Crippen LogP contribution in [0.3, 0.4) is 0 Å². The summed E-state index contributed by atoms with van der Waals surface area (Å²) in [5.41, 5.74) is 8.51. The van der Waals surface area contributed by atoms with Crippen LogP contribution in [0.5, 0.6) is 0 Å². The molecule has 2 rings (SSSR count). The van der Waals surface area contributed by atoms with Gasteiger partial charge in [-0.1, -0.05) is 39.0 Å². The Bertz CT molecular complexity index is 502. The van der Waals surface area contributed by atoms with E-state index in [1.165, 1.54) is 0 Å². The lowest BCUT2D eigenvalue weighted by Crippen LogP contribution is -2.41. The quantitative estimate of drug-likeness (QED) is 0.633. The second kappa shape index (κ2) is 4.50. The minimum Gasteiger partial charge on any atom is -0.399 e. The molecule has 0 aliphatic carbocycles. The Labute approximate surface area is 123 Å². The van der Waals surface area contributed by atoms with Crippen LogP contribution >= 0.6 is 0 Å². The molecule has 0 saturated carbocycles. The average molecular weight is 275 g/mol. The van der Waals surface area contributed by atoms with E-state index in [-0.39, 0.29) is 16.6 Å². The van der Waals surface area contributed by atoms with Crippen molar-refractivity contribution >= 4 is 18.3 Å². The molecule has 20 heavy (non-hydrogen) atoms. The molecule has 1 saturated heterocycles. The predicted molar refractivity (Wildman–Crippen MR) is 85.3 cm³/mol. The summed E-state index contributed by atoms with van der Waals surface area (Å²) in [6.07, 6.45) is 0. The predicted octanol–water partition coefficient (Wildman–Crippen LogP) is 2.87. The van der Waals surface area contributed by atoms with Crippen LogP contribution in [0.25, 0.3) is 0 Å². The Morgan fingerprint density at radius 2 is 1.50 bits per heavy atom. The van der Waals surface area contributed by atoms with Crippen LogP contribution in [0.2, 0.25) is 0 Å². The molecule has 0 spiro atoms. The third-order valence-electron chi connectivity index (χ3n) is 4.46.